The number of H-pyrrole nitrogens is 1. The van der Waals surface area contributed by atoms with E-state index in [1.165, 1.54) is 0 Å². The number of amides is 1. The van der Waals surface area contributed by atoms with E-state index in [4.69, 9.17) is 52.6 Å². The molecule has 0 saturated carbocycles. The van der Waals surface area contributed by atoms with Crippen LogP contribution in [0.2, 0.25) is 10.0 Å². The van der Waals surface area contributed by atoms with Gasteiger partial charge in [-0.2, -0.15) is 5.10 Å². The van der Waals surface area contributed by atoms with Gasteiger partial charge in [-0.05, 0) is 44.2 Å². The monoisotopic (exact) mass is 714 g/mol. The van der Waals surface area contributed by atoms with Crippen LogP contribution in [0.3, 0.4) is 0 Å². The first-order valence-corrected chi connectivity index (χ1v) is 17.5. The summed E-state index contributed by atoms with van der Waals surface area (Å²) < 4.78 is 11.3. The molecule has 2 aromatic carbocycles. The van der Waals surface area contributed by atoms with Crippen LogP contribution in [0.15, 0.2) is 61.2 Å². The zero-order chi connectivity index (χ0) is 35.0. The molecule has 4 heterocycles. The molecule has 1 aliphatic rings. The number of halogens is 2. The number of methoxy groups -OCH3 is 2. The highest BCUT2D eigenvalue weighted by Gasteiger charge is 2.22. The number of nitrogens with one attached hydrogen (secondary N) is 2. The van der Waals surface area contributed by atoms with Gasteiger partial charge < -0.3 is 14.8 Å². The summed E-state index contributed by atoms with van der Waals surface area (Å²) in [6.45, 7) is 4.41. The van der Waals surface area contributed by atoms with E-state index >= 15 is 0 Å². The molecule has 1 amide bonds. The summed E-state index contributed by atoms with van der Waals surface area (Å²) in [5.41, 5.74) is 6.74. The molecule has 1 aliphatic heterocycles. The van der Waals surface area contributed by atoms with Crippen LogP contribution in [0, 0.1) is 0 Å². The Hall–Kier alpha value is -4.58. The highest BCUT2D eigenvalue weighted by atomic mass is 35.5. The zero-order valence-corrected chi connectivity index (χ0v) is 29.9. The molecule has 2 N–H and O–H groups in total. The van der Waals surface area contributed by atoms with Crippen molar-refractivity contribution in [1.29, 1.82) is 0 Å². The van der Waals surface area contributed by atoms with E-state index < -0.39 is 0 Å². The lowest BCUT2D eigenvalue weighted by Crippen LogP contribution is -2.26. The summed E-state index contributed by atoms with van der Waals surface area (Å²) in [4.78, 5) is 32.9. The first kappa shape index (κ1) is 35.3. The highest BCUT2D eigenvalue weighted by molar-refractivity contribution is 6.39. The maximum Gasteiger partial charge on any atom is 0.237 e. The Kier molecular flexibility index (Phi) is 11.6. The molecule has 1 fully saturated rings. The van der Waals surface area contributed by atoms with Gasteiger partial charge in [-0.1, -0.05) is 66.5 Å². The molecule has 50 heavy (non-hydrogen) atoms. The molecular formula is C37H40Cl2N8O3. The number of carbonyl (C=O) groups is 1. The largest absolute Gasteiger partial charge is 0.480 e. The van der Waals surface area contributed by atoms with Crippen LogP contribution in [0.25, 0.3) is 33.6 Å². The van der Waals surface area contributed by atoms with Gasteiger partial charge in [0, 0.05) is 54.0 Å². The molecule has 0 radical (unpaired) electrons. The second-order valence-corrected chi connectivity index (χ2v) is 12.9. The number of likely N-dealkylation sites (N-methyl/N-ethyl adjacent to an activating group) is 1. The molecule has 0 aliphatic carbocycles. The van der Waals surface area contributed by atoms with Crippen molar-refractivity contribution in [2.45, 2.75) is 58.0 Å². The van der Waals surface area contributed by atoms with Crippen LogP contribution in [-0.4, -0.2) is 74.3 Å². The van der Waals surface area contributed by atoms with Crippen molar-refractivity contribution in [3.8, 4) is 45.4 Å². The van der Waals surface area contributed by atoms with E-state index in [0.717, 1.165) is 66.9 Å². The van der Waals surface area contributed by atoms with Gasteiger partial charge in [0.05, 0.1) is 54.2 Å². The van der Waals surface area contributed by atoms with E-state index in [-0.39, 0.29) is 11.9 Å². The fourth-order valence-corrected chi connectivity index (χ4v) is 6.86. The van der Waals surface area contributed by atoms with Crippen molar-refractivity contribution in [2.24, 2.45) is 0 Å². The van der Waals surface area contributed by atoms with Crippen molar-refractivity contribution in [1.82, 2.24) is 40.3 Å². The Bertz CT molecular complexity index is 1940. The summed E-state index contributed by atoms with van der Waals surface area (Å²) in [7, 11) is 3.19. The van der Waals surface area contributed by atoms with Crippen LogP contribution < -0.4 is 14.8 Å². The molecular weight excluding hydrogens is 675 g/mol. The number of aromatic nitrogens is 6. The summed E-state index contributed by atoms with van der Waals surface area (Å²) >= 11 is 14.2. The molecule has 13 heteroatoms. The Balaban J connectivity index is 1.21. The Morgan fingerprint density at radius 2 is 1.48 bits per heavy atom. The van der Waals surface area contributed by atoms with E-state index in [1.54, 1.807) is 26.6 Å². The van der Waals surface area contributed by atoms with E-state index in [9.17, 15) is 4.79 Å². The van der Waals surface area contributed by atoms with Crippen molar-refractivity contribution in [3.63, 3.8) is 0 Å². The minimum atomic E-state index is 0.125. The number of benzene rings is 2. The highest BCUT2D eigenvalue weighted by Crippen LogP contribution is 2.42. The average molecular weight is 716 g/mol. The third kappa shape index (κ3) is 8.07. The number of aromatic amines is 1. The van der Waals surface area contributed by atoms with Gasteiger partial charge in [-0.3, -0.25) is 24.8 Å². The number of carbonyl (C=O) groups excluding carboxylic acids is 1. The molecule has 11 nitrogen and oxygen atoms in total. The molecule has 0 spiro atoms. The van der Waals surface area contributed by atoms with E-state index in [0.29, 0.717) is 63.7 Å². The van der Waals surface area contributed by atoms with Gasteiger partial charge in [0.1, 0.15) is 11.4 Å². The lowest BCUT2D eigenvalue weighted by molar-refractivity contribution is -0.119. The molecule has 5 aromatic rings. The van der Waals surface area contributed by atoms with Crippen molar-refractivity contribution < 1.29 is 14.3 Å². The van der Waals surface area contributed by atoms with Gasteiger partial charge in [0.2, 0.25) is 17.7 Å². The zero-order valence-electron chi connectivity index (χ0n) is 28.4. The summed E-state index contributed by atoms with van der Waals surface area (Å²) in [6.07, 6.45) is 12.0. The SMILES string of the molecule is CCN(CCc1cn[nH]c1)Cc1ncc(-c2cccc(-c3cccc(-c4cnc(CCC[C@@H]5CCC(=O)N5)c(OC)n4)c3Cl)c2Cl)nc1OC. The van der Waals surface area contributed by atoms with Crippen LogP contribution in [-0.2, 0) is 24.2 Å². The van der Waals surface area contributed by atoms with Gasteiger partial charge >= 0.3 is 0 Å². The second-order valence-electron chi connectivity index (χ2n) is 12.2. The van der Waals surface area contributed by atoms with E-state index in [1.807, 2.05) is 48.8 Å². The number of aryl methyl sites for hydroxylation is 1. The van der Waals surface area contributed by atoms with Gasteiger partial charge in [0.25, 0.3) is 0 Å². The number of rotatable bonds is 15. The number of hydrogen-bond donors (Lipinski definition) is 2. The van der Waals surface area contributed by atoms with Crippen molar-refractivity contribution in [2.75, 3.05) is 27.3 Å². The Morgan fingerprint density at radius 3 is 2.04 bits per heavy atom. The Morgan fingerprint density at radius 1 is 0.860 bits per heavy atom. The van der Waals surface area contributed by atoms with Crippen molar-refractivity contribution >= 4 is 29.1 Å². The number of ether oxygens (including phenoxy) is 2. The third-order valence-electron chi connectivity index (χ3n) is 8.99. The number of nitrogens with zero attached hydrogens (tertiary/aromatic N) is 6. The summed E-state index contributed by atoms with van der Waals surface area (Å²) in [5.74, 6) is 1.03. The first-order valence-electron chi connectivity index (χ1n) is 16.8. The van der Waals surface area contributed by atoms with Crippen LogP contribution in [0.1, 0.15) is 49.6 Å². The normalized spacial score (nSPS) is 14.3. The summed E-state index contributed by atoms with van der Waals surface area (Å²) in [5, 5.41) is 10.9. The molecule has 1 saturated heterocycles. The fraction of sp³-hybridized carbons (Fsp3) is 0.351. The molecule has 6 rings (SSSR count). The molecule has 0 bridgehead atoms. The average Bonchev–Trinajstić information content (AvgIpc) is 3.82. The van der Waals surface area contributed by atoms with Gasteiger partial charge in [-0.15, -0.1) is 0 Å². The van der Waals surface area contributed by atoms with Gasteiger partial charge in [0.15, 0.2) is 0 Å². The molecule has 1 atom stereocenters. The predicted molar refractivity (Wildman–Crippen MR) is 194 cm³/mol. The maximum atomic E-state index is 11.5. The minimum absolute atomic E-state index is 0.125. The van der Waals surface area contributed by atoms with Gasteiger partial charge in [-0.25, -0.2) is 9.97 Å². The van der Waals surface area contributed by atoms with Crippen molar-refractivity contribution in [3.05, 3.63) is 88.2 Å². The minimum Gasteiger partial charge on any atom is -0.480 e. The second kappa shape index (κ2) is 16.4. The molecule has 3 aromatic heterocycles. The molecule has 260 valence electrons. The standard InChI is InChI=1S/C37H40Cl2N8O3/c1-4-47(17-16-23-18-42-43-19-23)22-32-37(50-3)46-31(21-41-32)28-12-7-10-26(35(28)39)25-9-6-11-27(34(25)38)30-20-40-29(36(45-30)49-2)13-5-8-24-14-15-33(48)44-24/h6-7,9-12,18-21,24H,4-5,8,13-17,22H2,1-3H3,(H,42,43)(H,44,48)/t24-/m1/s1. The van der Waals surface area contributed by atoms with Crippen LogP contribution in [0.5, 0.6) is 11.8 Å². The lowest BCUT2D eigenvalue weighted by atomic mass is 9.98. The Labute approximate surface area is 301 Å². The van der Waals surface area contributed by atoms with E-state index in [2.05, 4.69) is 27.3 Å². The quantitative estimate of drug-likeness (QED) is 0.118. The lowest BCUT2D eigenvalue weighted by Gasteiger charge is -2.20. The topological polar surface area (TPSA) is 131 Å². The smallest absolute Gasteiger partial charge is 0.237 e. The predicted octanol–water partition coefficient (Wildman–Crippen LogP) is 6.98. The number of hydrogen-bond acceptors (Lipinski definition) is 9. The van der Waals surface area contributed by atoms with Crippen LogP contribution in [0.4, 0.5) is 0 Å². The first-order chi connectivity index (χ1) is 24.4. The molecule has 0 unspecified atom stereocenters. The fourth-order valence-electron chi connectivity index (χ4n) is 6.21. The summed E-state index contributed by atoms with van der Waals surface area (Å²) in [6, 6.07) is 11.7. The third-order valence-corrected chi connectivity index (χ3v) is 9.81. The van der Waals surface area contributed by atoms with Crippen LogP contribution >= 0.6 is 23.2 Å². The maximum absolute atomic E-state index is 11.5.